The van der Waals surface area contributed by atoms with Crippen LogP contribution in [-0.4, -0.2) is 57.5 Å². The summed E-state index contributed by atoms with van der Waals surface area (Å²) in [5.74, 6) is 0. The molecule has 18 heavy (non-hydrogen) atoms. The van der Waals surface area contributed by atoms with Gasteiger partial charge < -0.3 is 5.32 Å². The molecule has 0 radical (unpaired) electrons. The summed E-state index contributed by atoms with van der Waals surface area (Å²) in [5, 5.41) is 3.44. The van der Waals surface area contributed by atoms with Crippen molar-refractivity contribution in [3.63, 3.8) is 0 Å². The quantitative estimate of drug-likeness (QED) is 0.645. The Labute approximate surface area is 115 Å². The van der Waals surface area contributed by atoms with Gasteiger partial charge in [-0.2, -0.15) is 29.2 Å². The van der Waals surface area contributed by atoms with Crippen molar-refractivity contribution in [2.45, 2.75) is 37.0 Å². The van der Waals surface area contributed by atoms with Crippen LogP contribution in [0.25, 0.3) is 0 Å². The molecule has 0 bridgehead atoms. The largest absolute Gasteiger partial charge is 0.320 e. The molecule has 2 unspecified atom stereocenters. The summed E-state index contributed by atoms with van der Waals surface area (Å²) in [5.41, 5.74) is 0. The standard InChI is InChI=1S/C11H25N3O2S2/c1-12-8-5-9-14(2)18(15,16)13-10-6-4-7-11(10)17-3/h10-13H,4-9H2,1-3H3. The molecular weight excluding hydrogens is 270 g/mol. The van der Waals surface area contributed by atoms with Crippen molar-refractivity contribution in [1.82, 2.24) is 14.3 Å². The van der Waals surface area contributed by atoms with Gasteiger partial charge in [0.05, 0.1) is 0 Å². The van der Waals surface area contributed by atoms with Crippen LogP contribution in [0.4, 0.5) is 0 Å². The fraction of sp³-hybridized carbons (Fsp3) is 1.00. The molecule has 0 spiro atoms. The molecule has 1 aliphatic rings. The van der Waals surface area contributed by atoms with E-state index in [2.05, 4.69) is 10.0 Å². The van der Waals surface area contributed by atoms with E-state index >= 15 is 0 Å². The normalized spacial score (nSPS) is 24.9. The zero-order chi connectivity index (χ0) is 13.6. The first-order chi connectivity index (χ1) is 8.51. The van der Waals surface area contributed by atoms with Crippen LogP contribution in [0.3, 0.4) is 0 Å². The van der Waals surface area contributed by atoms with E-state index < -0.39 is 10.2 Å². The van der Waals surface area contributed by atoms with E-state index in [4.69, 9.17) is 0 Å². The van der Waals surface area contributed by atoms with E-state index in [0.717, 1.165) is 32.2 Å². The van der Waals surface area contributed by atoms with Gasteiger partial charge in [0, 0.05) is 24.9 Å². The third kappa shape index (κ3) is 4.70. The molecular formula is C11H25N3O2S2. The van der Waals surface area contributed by atoms with Crippen molar-refractivity contribution in [1.29, 1.82) is 0 Å². The van der Waals surface area contributed by atoms with Crippen molar-refractivity contribution in [2.24, 2.45) is 0 Å². The van der Waals surface area contributed by atoms with Gasteiger partial charge >= 0.3 is 0 Å². The molecule has 1 aliphatic carbocycles. The molecule has 1 fully saturated rings. The predicted molar refractivity (Wildman–Crippen MR) is 78.2 cm³/mol. The third-order valence-electron chi connectivity index (χ3n) is 3.37. The summed E-state index contributed by atoms with van der Waals surface area (Å²) in [4.78, 5) is 0. The molecule has 2 atom stereocenters. The van der Waals surface area contributed by atoms with E-state index in [1.807, 2.05) is 13.3 Å². The van der Waals surface area contributed by atoms with Gasteiger partial charge in [0.15, 0.2) is 0 Å². The highest BCUT2D eigenvalue weighted by Gasteiger charge is 2.31. The zero-order valence-electron chi connectivity index (χ0n) is 11.5. The molecule has 0 saturated heterocycles. The van der Waals surface area contributed by atoms with Crippen LogP contribution in [0.1, 0.15) is 25.7 Å². The van der Waals surface area contributed by atoms with Crippen molar-refractivity contribution < 1.29 is 8.42 Å². The smallest absolute Gasteiger partial charge is 0.279 e. The van der Waals surface area contributed by atoms with Crippen LogP contribution >= 0.6 is 11.8 Å². The maximum Gasteiger partial charge on any atom is 0.279 e. The third-order valence-corrected chi connectivity index (χ3v) is 6.14. The Hall–Kier alpha value is 0.180. The number of hydrogen-bond acceptors (Lipinski definition) is 4. The van der Waals surface area contributed by atoms with E-state index in [-0.39, 0.29) is 6.04 Å². The van der Waals surface area contributed by atoms with Gasteiger partial charge in [-0.1, -0.05) is 6.42 Å². The van der Waals surface area contributed by atoms with Crippen LogP contribution in [0.2, 0.25) is 0 Å². The Balaban J connectivity index is 2.47. The Morgan fingerprint density at radius 2 is 2.11 bits per heavy atom. The van der Waals surface area contributed by atoms with Gasteiger partial charge in [0.2, 0.25) is 0 Å². The highest BCUT2D eigenvalue weighted by molar-refractivity contribution is 7.99. The molecule has 7 heteroatoms. The summed E-state index contributed by atoms with van der Waals surface area (Å²) in [6.45, 7) is 1.38. The first-order valence-corrected chi connectivity index (χ1v) is 9.15. The Bertz CT molecular complexity index is 335. The number of nitrogens with zero attached hydrogens (tertiary/aromatic N) is 1. The van der Waals surface area contributed by atoms with Gasteiger partial charge in [0.1, 0.15) is 0 Å². The number of thioether (sulfide) groups is 1. The van der Waals surface area contributed by atoms with Crippen molar-refractivity contribution >= 4 is 22.0 Å². The number of nitrogens with one attached hydrogen (secondary N) is 2. The molecule has 1 saturated carbocycles. The van der Waals surface area contributed by atoms with Gasteiger partial charge in [-0.05, 0) is 39.1 Å². The minimum Gasteiger partial charge on any atom is -0.320 e. The first kappa shape index (κ1) is 16.2. The molecule has 0 aromatic heterocycles. The monoisotopic (exact) mass is 295 g/mol. The summed E-state index contributed by atoms with van der Waals surface area (Å²) in [7, 11) is 0.184. The minimum atomic E-state index is -3.32. The Kier molecular flexibility index (Phi) is 6.94. The minimum absolute atomic E-state index is 0.0942. The molecule has 108 valence electrons. The van der Waals surface area contributed by atoms with E-state index in [0.29, 0.717) is 11.8 Å². The maximum absolute atomic E-state index is 12.1. The van der Waals surface area contributed by atoms with Gasteiger partial charge in [-0.3, -0.25) is 0 Å². The van der Waals surface area contributed by atoms with Crippen molar-refractivity contribution in [2.75, 3.05) is 33.4 Å². The Morgan fingerprint density at radius 3 is 2.72 bits per heavy atom. The zero-order valence-corrected chi connectivity index (χ0v) is 13.1. The molecule has 1 rings (SSSR count). The molecule has 0 heterocycles. The lowest BCUT2D eigenvalue weighted by molar-refractivity contribution is 0.438. The van der Waals surface area contributed by atoms with E-state index in [1.54, 1.807) is 18.8 Å². The lowest BCUT2D eigenvalue weighted by Crippen LogP contribution is -2.46. The summed E-state index contributed by atoms with van der Waals surface area (Å²) >= 11 is 1.76. The van der Waals surface area contributed by atoms with Crippen molar-refractivity contribution in [3.05, 3.63) is 0 Å². The van der Waals surface area contributed by atoms with Crippen molar-refractivity contribution in [3.8, 4) is 0 Å². The van der Waals surface area contributed by atoms with Crippen LogP contribution in [0.15, 0.2) is 0 Å². The molecule has 5 nitrogen and oxygen atoms in total. The number of rotatable bonds is 8. The lowest BCUT2D eigenvalue weighted by Gasteiger charge is -2.23. The van der Waals surface area contributed by atoms with Crippen LogP contribution in [-0.2, 0) is 10.2 Å². The summed E-state index contributed by atoms with van der Waals surface area (Å²) < 4.78 is 28.5. The fourth-order valence-electron chi connectivity index (χ4n) is 2.22. The van der Waals surface area contributed by atoms with Crippen LogP contribution < -0.4 is 10.0 Å². The fourth-order valence-corrected chi connectivity index (χ4v) is 4.46. The average Bonchev–Trinajstić information content (AvgIpc) is 2.75. The van der Waals surface area contributed by atoms with Crippen LogP contribution in [0.5, 0.6) is 0 Å². The highest BCUT2D eigenvalue weighted by Crippen LogP contribution is 2.28. The van der Waals surface area contributed by atoms with E-state index in [9.17, 15) is 8.42 Å². The second-order valence-corrected chi connectivity index (χ2v) is 7.60. The summed E-state index contributed by atoms with van der Waals surface area (Å²) in [6.07, 6.45) is 6.05. The highest BCUT2D eigenvalue weighted by atomic mass is 32.2. The second kappa shape index (κ2) is 7.69. The predicted octanol–water partition coefficient (Wildman–Crippen LogP) is 0.646. The lowest BCUT2D eigenvalue weighted by atomic mass is 10.3. The van der Waals surface area contributed by atoms with Gasteiger partial charge in [-0.25, -0.2) is 0 Å². The van der Waals surface area contributed by atoms with E-state index in [1.165, 1.54) is 4.31 Å². The molecule has 0 aromatic carbocycles. The average molecular weight is 295 g/mol. The first-order valence-electron chi connectivity index (χ1n) is 6.42. The molecule has 0 amide bonds. The topological polar surface area (TPSA) is 61.4 Å². The van der Waals surface area contributed by atoms with Gasteiger partial charge in [0.25, 0.3) is 10.2 Å². The second-order valence-electron chi connectivity index (χ2n) is 4.71. The molecule has 0 aromatic rings. The SMILES string of the molecule is CNCCCN(C)S(=O)(=O)NC1CCCC1SC. The summed E-state index contributed by atoms with van der Waals surface area (Å²) in [6, 6.07) is 0.0942. The van der Waals surface area contributed by atoms with Gasteiger partial charge in [-0.15, -0.1) is 0 Å². The maximum atomic E-state index is 12.1. The van der Waals surface area contributed by atoms with Crippen LogP contribution in [0, 0.1) is 0 Å². The molecule has 0 aliphatic heterocycles. The molecule has 2 N–H and O–H groups in total. The number of hydrogen-bond donors (Lipinski definition) is 2. The Morgan fingerprint density at radius 1 is 1.39 bits per heavy atom.